The van der Waals surface area contributed by atoms with E-state index in [1.165, 1.54) is 31.2 Å². The van der Waals surface area contributed by atoms with Crippen molar-refractivity contribution >= 4 is 0 Å². The van der Waals surface area contributed by atoms with Crippen molar-refractivity contribution in [1.82, 2.24) is 0 Å². The molecule has 0 amide bonds. The molecule has 66 valence electrons. The van der Waals surface area contributed by atoms with Crippen molar-refractivity contribution in [3.05, 3.63) is 35.4 Å². The molecule has 0 aromatic heterocycles. The summed E-state index contributed by atoms with van der Waals surface area (Å²) >= 11 is 0. The molecule has 0 nitrogen and oxygen atoms in total. The highest BCUT2D eigenvalue weighted by atomic mass is 14.0. The fourth-order valence-electron chi connectivity index (χ4n) is 1.51. The van der Waals surface area contributed by atoms with Crippen molar-refractivity contribution in [3.63, 3.8) is 0 Å². The third-order valence-corrected chi connectivity index (χ3v) is 2.30. The predicted molar refractivity (Wildman–Crippen MR) is 54.4 cm³/mol. The van der Waals surface area contributed by atoms with E-state index in [9.17, 15) is 0 Å². The smallest absolute Gasteiger partial charge is 0.0276 e. The summed E-state index contributed by atoms with van der Waals surface area (Å²) in [5, 5.41) is 0. The van der Waals surface area contributed by atoms with Gasteiger partial charge in [-0.2, -0.15) is 0 Å². The Hall–Kier alpha value is -0.780. The van der Waals surface area contributed by atoms with E-state index in [2.05, 4.69) is 38.1 Å². The lowest BCUT2D eigenvalue weighted by Gasteiger charge is -2.05. The first kappa shape index (κ1) is 9.31. The number of benzene rings is 1. The van der Waals surface area contributed by atoms with E-state index in [0.29, 0.717) is 0 Å². The zero-order valence-corrected chi connectivity index (χ0v) is 8.14. The van der Waals surface area contributed by atoms with Gasteiger partial charge in [0.1, 0.15) is 0 Å². The van der Waals surface area contributed by atoms with Gasteiger partial charge in [0.2, 0.25) is 0 Å². The minimum absolute atomic E-state index is 1.17. The summed E-state index contributed by atoms with van der Waals surface area (Å²) < 4.78 is 0. The van der Waals surface area contributed by atoms with Crippen LogP contribution in [0.4, 0.5) is 0 Å². The van der Waals surface area contributed by atoms with Crippen molar-refractivity contribution in [2.45, 2.75) is 39.5 Å². The monoisotopic (exact) mass is 162 g/mol. The number of hydrogen-bond donors (Lipinski definition) is 0. The van der Waals surface area contributed by atoms with Gasteiger partial charge in [0.05, 0.1) is 0 Å². The Morgan fingerprint density at radius 2 is 1.67 bits per heavy atom. The average Bonchev–Trinajstić information content (AvgIpc) is 2.15. The van der Waals surface area contributed by atoms with Crippen LogP contribution in [0.2, 0.25) is 0 Å². The fraction of sp³-hybridized carbons (Fsp3) is 0.500. The Bertz CT molecular complexity index is 225. The van der Waals surface area contributed by atoms with Crippen LogP contribution in [-0.4, -0.2) is 0 Å². The molecular formula is C12H18. The van der Waals surface area contributed by atoms with Gasteiger partial charge in [0, 0.05) is 0 Å². The SMILES string of the molecule is CCCCc1ccccc1CC. The average molecular weight is 162 g/mol. The molecular weight excluding hydrogens is 144 g/mol. The fourth-order valence-corrected chi connectivity index (χ4v) is 1.51. The van der Waals surface area contributed by atoms with E-state index in [-0.39, 0.29) is 0 Å². The Labute approximate surface area is 75.6 Å². The maximum atomic E-state index is 2.26. The molecule has 0 heteroatoms. The summed E-state index contributed by atoms with van der Waals surface area (Å²) in [5.41, 5.74) is 3.06. The molecule has 0 aliphatic carbocycles. The van der Waals surface area contributed by atoms with Gasteiger partial charge in [0.15, 0.2) is 0 Å². The lowest BCUT2D eigenvalue weighted by molar-refractivity contribution is 0.787. The molecule has 0 N–H and O–H groups in total. The normalized spacial score (nSPS) is 10.2. The van der Waals surface area contributed by atoms with Crippen LogP contribution < -0.4 is 0 Å². The largest absolute Gasteiger partial charge is 0.0654 e. The first-order chi connectivity index (χ1) is 5.88. The predicted octanol–water partition coefficient (Wildman–Crippen LogP) is 3.59. The Morgan fingerprint density at radius 3 is 2.25 bits per heavy atom. The van der Waals surface area contributed by atoms with Crippen LogP contribution >= 0.6 is 0 Å². The van der Waals surface area contributed by atoms with E-state index in [1.54, 1.807) is 5.56 Å². The number of rotatable bonds is 4. The molecule has 0 fully saturated rings. The summed E-state index contributed by atoms with van der Waals surface area (Å²) in [6.45, 7) is 4.47. The van der Waals surface area contributed by atoms with Crippen LogP contribution in [0.15, 0.2) is 24.3 Å². The third kappa shape index (κ3) is 2.37. The van der Waals surface area contributed by atoms with Gasteiger partial charge in [-0.05, 0) is 30.4 Å². The molecule has 12 heavy (non-hydrogen) atoms. The molecule has 0 radical (unpaired) electrons. The Balaban J connectivity index is 2.68. The second-order valence-corrected chi connectivity index (χ2v) is 3.23. The van der Waals surface area contributed by atoms with Gasteiger partial charge in [-0.3, -0.25) is 0 Å². The first-order valence-electron chi connectivity index (χ1n) is 4.95. The molecule has 1 rings (SSSR count). The molecule has 1 aromatic rings. The summed E-state index contributed by atoms with van der Waals surface area (Å²) in [4.78, 5) is 0. The second kappa shape index (κ2) is 4.97. The van der Waals surface area contributed by atoms with Crippen molar-refractivity contribution in [2.75, 3.05) is 0 Å². The topological polar surface area (TPSA) is 0 Å². The first-order valence-corrected chi connectivity index (χ1v) is 4.95. The highest BCUT2D eigenvalue weighted by Gasteiger charge is 1.97. The van der Waals surface area contributed by atoms with Crippen LogP contribution in [0.1, 0.15) is 37.8 Å². The van der Waals surface area contributed by atoms with E-state index in [4.69, 9.17) is 0 Å². The number of aryl methyl sites for hydroxylation is 2. The van der Waals surface area contributed by atoms with Crippen molar-refractivity contribution < 1.29 is 0 Å². The second-order valence-electron chi connectivity index (χ2n) is 3.23. The minimum atomic E-state index is 1.17. The molecule has 0 unspecified atom stereocenters. The van der Waals surface area contributed by atoms with Gasteiger partial charge >= 0.3 is 0 Å². The highest BCUT2D eigenvalue weighted by Crippen LogP contribution is 2.12. The van der Waals surface area contributed by atoms with Crippen LogP contribution in [-0.2, 0) is 12.8 Å². The van der Waals surface area contributed by atoms with Crippen LogP contribution in [0.5, 0.6) is 0 Å². The lowest BCUT2D eigenvalue weighted by Crippen LogP contribution is -1.91. The van der Waals surface area contributed by atoms with Gasteiger partial charge in [0.25, 0.3) is 0 Å². The van der Waals surface area contributed by atoms with E-state index >= 15 is 0 Å². The Morgan fingerprint density at radius 1 is 1.00 bits per heavy atom. The Kier molecular flexibility index (Phi) is 3.86. The van der Waals surface area contributed by atoms with Gasteiger partial charge in [-0.25, -0.2) is 0 Å². The van der Waals surface area contributed by atoms with Crippen LogP contribution in [0, 0.1) is 0 Å². The minimum Gasteiger partial charge on any atom is -0.0654 e. The summed E-state index contributed by atoms with van der Waals surface area (Å²) in [7, 11) is 0. The zero-order chi connectivity index (χ0) is 8.81. The standard InChI is InChI=1S/C12H18/c1-3-5-8-12-10-7-6-9-11(12)4-2/h6-7,9-10H,3-5,8H2,1-2H3. The summed E-state index contributed by atoms with van der Waals surface area (Å²) in [5.74, 6) is 0. The highest BCUT2D eigenvalue weighted by molar-refractivity contribution is 5.26. The molecule has 0 aliphatic heterocycles. The molecule has 0 saturated heterocycles. The quantitative estimate of drug-likeness (QED) is 0.634. The number of unbranched alkanes of at least 4 members (excludes halogenated alkanes) is 1. The third-order valence-electron chi connectivity index (χ3n) is 2.30. The van der Waals surface area contributed by atoms with Crippen LogP contribution in [0.3, 0.4) is 0 Å². The molecule has 0 saturated carbocycles. The van der Waals surface area contributed by atoms with E-state index in [1.807, 2.05) is 0 Å². The van der Waals surface area contributed by atoms with E-state index in [0.717, 1.165) is 0 Å². The molecule has 0 bridgehead atoms. The van der Waals surface area contributed by atoms with Gasteiger partial charge < -0.3 is 0 Å². The molecule has 1 aromatic carbocycles. The lowest BCUT2D eigenvalue weighted by atomic mass is 10.0. The van der Waals surface area contributed by atoms with Crippen LogP contribution in [0.25, 0.3) is 0 Å². The van der Waals surface area contributed by atoms with Crippen molar-refractivity contribution in [1.29, 1.82) is 0 Å². The molecule has 0 spiro atoms. The summed E-state index contributed by atoms with van der Waals surface area (Å²) in [6.07, 6.45) is 5.02. The zero-order valence-electron chi connectivity index (χ0n) is 8.14. The van der Waals surface area contributed by atoms with Crippen molar-refractivity contribution in [3.8, 4) is 0 Å². The summed E-state index contributed by atoms with van der Waals surface area (Å²) in [6, 6.07) is 8.78. The molecule has 0 aliphatic rings. The maximum absolute atomic E-state index is 2.26. The van der Waals surface area contributed by atoms with Gasteiger partial charge in [-0.1, -0.05) is 44.5 Å². The van der Waals surface area contributed by atoms with E-state index < -0.39 is 0 Å². The molecule has 0 atom stereocenters. The number of hydrogen-bond acceptors (Lipinski definition) is 0. The molecule has 0 heterocycles. The van der Waals surface area contributed by atoms with Crippen molar-refractivity contribution in [2.24, 2.45) is 0 Å². The van der Waals surface area contributed by atoms with Gasteiger partial charge in [-0.15, -0.1) is 0 Å². The maximum Gasteiger partial charge on any atom is -0.0276 e.